The SMILES string of the molecule is COC12CCC(C(C)C)(CC1)C2. The van der Waals surface area contributed by atoms with Crippen molar-refractivity contribution in [1.82, 2.24) is 0 Å². The van der Waals surface area contributed by atoms with Crippen molar-refractivity contribution in [3.63, 3.8) is 0 Å². The lowest BCUT2D eigenvalue weighted by Gasteiger charge is -2.30. The van der Waals surface area contributed by atoms with Gasteiger partial charge in [0.25, 0.3) is 0 Å². The van der Waals surface area contributed by atoms with Gasteiger partial charge in [0, 0.05) is 7.11 Å². The smallest absolute Gasteiger partial charge is 0.0684 e. The van der Waals surface area contributed by atoms with E-state index in [1.165, 1.54) is 32.1 Å². The van der Waals surface area contributed by atoms with E-state index in [0.717, 1.165) is 5.92 Å². The molecule has 0 N–H and O–H groups in total. The zero-order chi connectivity index (χ0) is 8.82. The van der Waals surface area contributed by atoms with Crippen LogP contribution in [-0.2, 0) is 4.74 Å². The van der Waals surface area contributed by atoms with Gasteiger partial charge >= 0.3 is 0 Å². The van der Waals surface area contributed by atoms with E-state index in [1.54, 1.807) is 0 Å². The summed E-state index contributed by atoms with van der Waals surface area (Å²) in [5.74, 6) is 0.844. The molecule has 2 aliphatic carbocycles. The van der Waals surface area contributed by atoms with E-state index >= 15 is 0 Å². The fourth-order valence-corrected chi connectivity index (χ4v) is 3.26. The zero-order valence-electron chi connectivity index (χ0n) is 8.52. The molecule has 2 saturated carbocycles. The molecule has 0 heterocycles. The molecule has 0 aromatic carbocycles. The van der Waals surface area contributed by atoms with E-state index in [-0.39, 0.29) is 0 Å². The first-order valence-corrected chi connectivity index (χ1v) is 5.18. The van der Waals surface area contributed by atoms with Crippen LogP contribution >= 0.6 is 0 Å². The summed E-state index contributed by atoms with van der Waals surface area (Å²) < 4.78 is 5.66. The van der Waals surface area contributed by atoms with E-state index in [4.69, 9.17) is 4.74 Å². The Balaban J connectivity index is 2.17. The second-order valence-electron chi connectivity index (χ2n) is 5.08. The molecule has 2 rings (SSSR count). The predicted molar refractivity (Wildman–Crippen MR) is 50.1 cm³/mol. The highest BCUT2D eigenvalue weighted by Crippen LogP contribution is 2.61. The van der Waals surface area contributed by atoms with Gasteiger partial charge in [-0.3, -0.25) is 0 Å². The third kappa shape index (κ3) is 0.953. The van der Waals surface area contributed by atoms with Gasteiger partial charge < -0.3 is 4.74 Å². The van der Waals surface area contributed by atoms with E-state index in [1.807, 2.05) is 7.11 Å². The lowest BCUT2D eigenvalue weighted by Crippen LogP contribution is -2.24. The maximum absolute atomic E-state index is 5.66. The van der Waals surface area contributed by atoms with Gasteiger partial charge in [0.05, 0.1) is 5.60 Å². The van der Waals surface area contributed by atoms with Crippen LogP contribution in [-0.4, -0.2) is 12.7 Å². The Bertz CT molecular complexity index is 175. The molecule has 1 heteroatoms. The van der Waals surface area contributed by atoms with Gasteiger partial charge in [0.1, 0.15) is 0 Å². The average molecular weight is 168 g/mol. The Kier molecular flexibility index (Phi) is 1.76. The van der Waals surface area contributed by atoms with E-state index in [9.17, 15) is 0 Å². The Labute approximate surface area is 75.5 Å². The molecule has 0 aromatic heterocycles. The Morgan fingerprint density at radius 2 is 1.67 bits per heavy atom. The van der Waals surface area contributed by atoms with Gasteiger partial charge in [-0.15, -0.1) is 0 Å². The summed E-state index contributed by atoms with van der Waals surface area (Å²) in [5, 5.41) is 0. The lowest BCUT2D eigenvalue weighted by atomic mass is 9.75. The standard InChI is InChI=1S/C11H20O/c1-9(2)10-4-6-11(8-10,12-3)7-5-10/h9H,4-8H2,1-3H3. The Hall–Kier alpha value is -0.0400. The third-order valence-electron chi connectivity index (χ3n) is 4.49. The molecular formula is C11H20O. The summed E-state index contributed by atoms with van der Waals surface area (Å²) in [4.78, 5) is 0. The second-order valence-corrected chi connectivity index (χ2v) is 5.08. The van der Waals surface area contributed by atoms with Gasteiger partial charge in [0.2, 0.25) is 0 Å². The maximum atomic E-state index is 5.66. The lowest BCUT2D eigenvalue weighted by molar-refractivity contribution is -0.000409. The van der Waals surface area contributed by atoms with Crippen molar-refractivity contribution in [1.29, 1.82) is 0 Å². The van der Waals surface area contributed by atoms with Crippen LogP contribution in [0.15, 0.2) is 0 Å². The zero-order valence-corrected chi connectivity index (χ0v) is 8.52. The second kappa shape index (κ2) is 2.47. The molecule has 0 aromatic rings. The van der Waals surface area contributed by atoms with Gasteiger partial charge in [-0.05, 0) is 43.4 Å². The van der Waals surface area contributed by atoms with Crippen molar-refractivity contribution < 1.29 is 4.74 Å². The van der Waals surface area contributed by atoms with Crippen molar-refractivity contribution in [2.45, 2.75) is 51.6 Å². The predicted octanol–water partition coefficient (Wildman–Crippen LogP) is 2.99. The van der Waals surface area contributed by atoms with Crippen LogP contribution in [0, 0.1) is 11.3 Å². The molecule has 2 fully saturated rings. The fraction of sp³-hybridized carbons (Fsp3) is 1.00. The average Bonchev–Trinajstić information content (AvgIpc) is 2.61. The summed E-state index contributed by atoms with van der Waals surface area (Å²) in [5.41, 5.74) is 0.945. The molecule has 2 bridgehead atoms. The van der Waals surface area contributed by atoms with Crippen LogP contribution in [0.1, 0.15) is 46.0 Å². The molecule has 2 aliphatic rings. The molecule has 0 spiro atoms. The number of methoxy groups -OCH3 is 1. The first-order chi connectivity index (χ1) is 5.63. The van der Waals surface area contributed by atoms with Gasteiger partial charge in [-0.2, -0.15) is 0 Å². The maximum Gasteiger partial charge on any atom is 0.0684 e. The number of hydrogen-bond acceptors (Lipinski definition) is 1. The molecule has 12 heavy (non-hydrogen) atoms. The Morgan fingerprint density at radius 3 is 1.92 bits per heavy atom. The van der Waals surface area contributed by atoms with Gasteiger partial charge in [-0.1, -0.05) is 13.8 Å². The summed E-state index contributed by atoms with van der Waals surface area (Å²) in [6, 6.07) is 0. The molecule has 70 valence electrons. The fourth-order valence-electron chi connectivity index (χ4n) is 3.26. The van der Waals surface area contributed by atoms with Crippen molar-refractivity contribution in [2.24, 2.45) is 11.3 Å². The van der Waals surface area contributed by atoms with E-state index in [2.05, 4.69) is 13.8 Å². The van der Waals surface area contributed by atoms with Crippen molar-refractivity contribution >= 4 is 0 Å². The summed E-state index contributed by atoms with van der Waals surface area (Å²) in [6.45, 7) is 4.74. The molecule has 0 amide bonds. The molecule has 0 aliphatic heterocycles. The highest BCUT2D eigenvalue weighted by molar-refractivity contribution is 5.07. The van der Waals surface area contributed by atoms with Gasteiger partial charge in [0.15, 0.2) is 0 Å². The van der Waals surface area contributed by atoms with E-state index < -0.39 is 0 Å². The number of fused-ring (bicyclic) bond motifs is 2. The minimum absolute atomic E-state index is 0.296. The van der Waals surface area contributed by atoms with Crippen molar-refractivity contribution in [3.05, 3.63) is 0 Å². The van der Waals surface area contributed by atoms with Crippen molar-refractivity contribution in [2.75, 3.05) is 7.11 Å². The highest BCUT2D eigenvalue weighted by Gasteiger charge is 2.55. The topological polar surface area (TPSA) is 9.23 Å². The molecule has 1 nitrogen and oxygen atoms in total. The molecule has 0 radical (unpaired) electrons. The minimum Gasteiger partial charge on any atom is -0.378 e. The van der Waals surface area contributed by atoms with Crippen LogP contribution < -0.4 is 0 Å². The first-order valence-electron chi connectivity index (χ1n) is 5.18. The Morgan fingerprint density at radius 1 is 1.08 bits per heavy atom. The third-order valence-corrected chi connectivity index (χ3v) is 4.49. The minimum atomic E-state index is 0.296. The number of ether oxygens (including phenoxy) is 1. The molecule has 0 unspecified atom stereocenters. The van der Waals surface area contributed by atoms with Crippen LogP contribution in [0.2, 0.25) is 0 Å². The largest absolute Gasteiger partial charge is 0.378 e. The van der Waals surface area contributed by atoms with Crippen LogP contribution in [0.5, 0.6) is 0 Å². The number of rotatable bonds is 2. The van der Waals surface area contributed by atoms with Crippen LogP contribution in [0.3, 0.4) is 0 Å². The van der Waals surface area contributed by atoms with Crippen molar-refractivity contribution in [3.8, 4) is 0 Å². The summed E-state index contributed by atoms with van der Waals surface area (Å²) in [6.07, 6.45) is 6.74. The summed E-state index contributed by atoms with van der Waals surface area (Å²) in [7, 11) is 1.89. The summed E-state index contributed by atoms with van der Waals surface area (Å²) >= 11 is 0. The van der Waals surface area contributed by atoms with Crippen LogP contribution in [0.25, 0.3) is 0 Å². The molecular weight excluding hydrogens is 148 g/mol. The van der Waals surface area contributed by atoms with Crippen LogP contribution in [0.4, 0.5) is 0 Å². The monoisotopic (exact) mass is 168 g/mol. The number of hydrogen-bond donors (Lipinski definition) is 0. The first kappa shape index (κ1) is 8.55. The quantitative estimate of drug-likeness (QED) is 0.616. The molecule has 0 saturated heterocycles. The van der Waals surface area contributed by atoms with E-state index in [0.29, 0.717) is 11.0 Å². The van der Waals surface area contributed by atoms with Gasteiger partial charge in [-0.25, -0.2) is 0 Å². The molecule has 0 atom stereocenters. The highest BCUT2D eigenvalue weighted by atomic mass is 16.5. The normalized spacial score (nSPS) is 46.0.